The fraction of sp³-hybridized carbons (Fsp3) is 0.200. The van der Waals surface area contributed by atoms with Crippen LogP contribution in [0.15, 0.2) is 158 Å². The maximum atomic E-state index is 6.91. The van der Waals surface area contributed by atoms with Gasteiger partial charge in [-0.05, 0) is 146 Å². The van der Waals surface area contributed by atoms with E-state index in [1.165, 1.54) is 55.3 Å². The van der Waals surface area contributed by atoms with Gasteiger partial charge in [0.25, 0.3) is 0 Å². The summed E-state index contributed by atoms with van der Waals surface area (Å²) in [5, 5.41) is 5.74. The van der Waals surface area contributed by atoms with Crippen molar-refractivity contribution in [3.63, 3.8) is 0 Å². The molecule has 0 saturated heterocycles. The van der Waals surface area contributed by atoms with Crippen molar-refractivity contribution in [1.82, 2.24) is 18.9 Å². The van der Waals surface area contributed by atoms with Gasteiger partial charge < -0.3 is 4.74 Å². The lowest BCUT2D eigenvalue weighted by molar-refractivity contribution is 0.484. The molecule has 0 N–H and O–H groups in total. The van der Waals surface area contributed by atoms with Crippen LogP contribution in [-0.2, 0) is 0 Å². The summed E-state index contributed by atoms with van der Waals surface area (Å²) in [5.41, 5.74) is 16.9. The third-order valence-electron chi connectivity index (χ3n) is 13.5. The summed E-state index contributed by atoms with van der Waals surface area (Å²) >= 11 is 0. The summed E-state index contributed by atoms with van der Waals surface area (Å²) in [4.78, 5) is 10.2. The Morgan fingerprint density at radius 2 is 1.03 bits per heavy atom. The second kappa shape index (κ2) is 15.8. The van der Waals surface area contributed by atoms with Crippen LogP contribution in [0.1, 0.15) is 101 Å². The van der Waals surface area contributed by atoms with Crippen LogP contribution in [0.4, 0.5) is 0 Å². The van der Waals surface area contributed by atoms with Crippen LogP contribution in [0.5, 0.6) is 11.5 Å². The molecule has 4 aromatic heterocycles. The summed E-state index contributed by atoms with van der Waals surface area (Å²) in [6, 6.07) is 55.0. The Labute approximate surface area is 381 Å². The van der Waals surface area contributed by atoms with E-state index >= 15 is 0 Å². The molecule has 5 nitrogen and oxygen atoms in total. The molecule has 0 atom stereocenters. The molecule has 0 saturated carbocycles. The van der Waals surface area contributed by atoms with Gasteiger partial charge in [-0.25, -0.2) is 9.97 Å². The fourth-order valence-corrected chi connectivity index (χ4v) is 10.5. The summed E-state index contributed by atoms with van der Waals surface area (Å²) in [6.07, 6.45) is 1.85. The Morgan fingerprint density at radius 3 is 1.69 bits per heavy atom. The van der Waals surface area contributed by atoms with E-state index in [2.05, 4.69) is 204 Å². The van der Waals surface area contributed by atoms with Crippen molar-refractivity contribution in [2.75, 3.05) is 0 Å². The van der Waals surface area contributed by atoms with Crippen LogP contribution < -0.4 is 4.74 Å². The Kier molecular flexibility index (Phi) is 9.84. The minimum atomic E-state index is 0.314. The Balaban J connectivity index is 1.22. The summed E-state index contributed by atoms with van der Waals surface area (Å²) in [7, 11) is 0. The highest BCUT2D eigenvalue weighted by molar-refractivity contribution is 6.20. The van der Waals surface area contributed by atoms with E-state index in [1.807, 2.05) is 18.3 Å². The van der Waals surface area contributed by atoms with Crippen molar-refractivity contribution in [2.24, 2.45) is 0 Å². The van der Waals surface area contributed by atoms with Gasteiger partial charge in [-0.15, -0.1) is 0 Å². The van der Waals surface area contributed by atoms with Gasteiger partial charge in [0.1, 0.15) is 23.0 Å². The number of hydrogen-bond acceptors (Lipinski definition) is 3. The van der Waals surface area contributed by atoms with Crippen molar-refractivity contribution < 1.29 is 4.74 Å². The first-order valence-electron chi connectivity index (χ1n) is 23.3. The van der Waals surface area contributed by atoms with Crippen molar-refractivity contribution in [2.45, 2.75) is 79.1 Å². The molecule has 0 amide bonds. The minimum absolute atomic E-state index is 0.314. The van der Waals surface area contributed by atoms with Crippen LogP contribution in [0.2, 0.25) is 0 Å². The second-order valence-corrected chi connectivity index (χ2v) is 18.9. The first kappa shape index (κ1) is 40.5. The number of para-hydroxylation sites is 3. The number of fused-ring (bicyclic) bond motifs is 11. The highest BCUT2D eigenvalue weighted by atomic mass is 16.5. The highest BCUT2D eigenvalue weighted by Crippen LogP contribution is 2.48. The maximum Gasteiger partial charge on any atom is 0.146 e. The SMILES string of the molecule is CC(C)c1cccc(C(C)C)c1-c1cc(-c2c(C(C)C)cccc2C(C)C)c2c3ccc(Oc4ccc5c6ccccc6n(-c6ccccn6)c5c4)cc3c3nc4ccccc4n3c2c1. The number of aromatic nitrogens is 4. The highest BCUT2D eigenvalue weighted by Gasteiger charge is 2.25. The van der Waals surface area contributed by atoms with Gasteiger partial charge in [0.15, 0.2) is 0 Å². The van der Waals surface area contributed by atoms with E-state index < -0.39 is 0 Å². The average molecular weight is 847 g/mol. The molecule has 0 bridgehead atoms. The molecule has 0 spiro atoms. The summed E-state index contributed by atoms with van der Waals surface area (Å²) in [5.74, 6) is 3.70. The lowest BCUT2D eigenvalue weighted by atomic mass is 9.80. The predicted molar refractivity (Wildman–Crippen MR) is 274 cm³/mol. The first-order valence-corrected chi connectivity index (χ1v) is 23.3. The van der Waals surface area contributed by atoms with E-state index in [-0.39, 0.29) is 0 Å². The van der Waals surface area contributed by atoms with Crippen LogP contribution in [0.3, 0.4) is 0 Å². The van der Waals surface area contributed by atoms with E-state index in [0.29, 0.717) is 23.7 Å². The zero-order valence-corrected chi connectivity index (χ0v) is 38.5. The number of rotatable bonds is 9. The Bertz CT molecular complexity index is 3590. The average Bonchev–Trinajstić information content (AvgIpc) is 3.87. The van der Waals surface area contributed by atoms with Crippen molar-refractivity contribution in [3.8, 4) is 39.6 Å². The summed E-state index contributed by atoms with van der Waals surface area (Å²) < 4.78 is 11.6. The Morgan fingerprint density at radius 1 is 0.446 bits per heavy atom. The van der Waals surface area contributed by atoms with Gasteiger partial charge in [-0.3, -0.25) is 8.97 Å². The van der Waals surface area contributed by atoms with E-state index in [0.717, 1.165) is 66.7 Å². The molecule has 11 rings (SSSR count). The van der Waals surface area contributed by atoms with E-state index in [4.69, 9.17) is 14.7 Å². The topological polar surface area (TPSA) is 44.3 Å². The predicted octanol–water partition coefficient (Wildman–Crippen LogP) is 16.9. The standard InChI is InChI=1S/C60H54N4O/c1-35(2)42-18-15-19-43(36(3)4)57(42)39-31-50(58-44(37(5)6)20-16-21-45(58)38(7)8)59-48-29-27-40(33-49(48)60-62-51-22-10-12-24-53(51)64(60)55(59)32-39)65-41-26-28-47-46-17-9-11-23-52(46)63(54(47)34-41)56-25-13-14-30-61-56/h9-38H,1-8H3. The molecule has 0 aliphatic rings. The number of hydrogen-bond donors (Lipinski definition) is 0. The normalized spacial score (nSPS) is 12.2. The number of pyridine rings is 2. The lowest BCUT2D eigenvalue weighted by Gasteiger charge is -2.25. The van der Waals surface area contributed by atoms with Crippen molar-refractivity contribution in [3.05, 3.63) is 180 Å². The molecule has 0 aliphatic carbocycles. The van der Waals surface area contributed by atoms with Crippen molar-refractivity contribution in [1.29, 1.82) is 0 Å². The number of imidazole rings is 1. The van der Waals surface area contributed by atoms with E-state index in [9.17, 15) is 0 Å². The molecule has 4 heterocycles. The van der Waals surface area contributed by atoms with Crippen molar-refractivity contribution >= 4 is 60.2 Å². The molecular formula is C60H54N4O. The smallest absolute Gasteiger partial charge is 0.146 e. The first-order chi connectivity index (χ1) is 31.6. The largest absolute Gasteiger partial charge is 0.457 e. The molecule has 11 aromatic rings. The van der Waals surface area contributed by atoms with Gasteiger partial charge in [0, 0.05) is 33.8 Å². The van der Waals surface area contributed by atoms with Crippen LogP contribution in [-0.4, -0.2) is 18.9 Å². The van der Waals surface area contributed by atoms with Crippen LogP contribution in [0, 0.1) is 0 Å². The van der Waals surface area contributed by atoms with Gasteiger partial charge in [0.2, 0.25) is 0 Å². The summed E-state index contributed by atoms with van der Waals surface area (Å²) in [6.45, 7) is 18.6. The lowest BCUT2D eigenvalue weighted by Crippen LogP contribution is -2.04. The maximum absolute atomic E-state index is 6.91. The molecule has 0 unspecified atom stereocenters. The number of ether oxygens (including phenoxy) is 1. The molecule has 7 aromatic carbocycles. The minimum Gasteiger partial charge on any atom is -0.457 e. The van der Waals surface area contributed by atoms with Gasteiger partial charge in [0.05, 0.1) is 27.6 Å². The monoisotopic (exact) mass is 846 g/mol. The number of nitrogens with zero attached hydrogens (tertiary/aromatic N) is 4. The quantitative estimate of drug-likeness (QED) is 0.136. The molecule has 65 heavy (non-hydrogen) atoms. The third kappa shape index (κ3) is 6.59. The molecular weight excluding hydrogens is 793 g/mol. The van der Waals surface area contributed by atoms with Gasteiger partial charge in [-0.1, -0.05) is 128 Å². The molecule has 0 fully saturated rings. The Hall–Kier alpha value is -7.24. The number of benzene rings is 7. The zero-order valence-electron chi connectivity index (χ0n) is 38.5. The van der Waals surface area contributed by atoms with Gasteiger partial charge >= 0.3 is 0 Å². The molecule has 0 aliphatic heterocycles. The fourth-order valence-electron chi connectivity index (χ4n) is 10.5. The molecule has 320 valence electrons. The third-order valence-corrected chi connectivity index (χ3v) is 13.5. The van der Waals surface area contributed by atoms with Crippen LogP contribution in [0.25, 0.3) is 88.2 Å². The second-order valence-electron chi connectivity index (χ2n) is 18.9. The van der Waals surface area contributed by atoms with Gasteiger partial charge in [-0.2, -0.15) is 0 Å². The van der Waals surface area contributed by atoms with E-state index in [1.54, 1.807) is 0 Å². The molecule has 5 heteroatoms. The molecule has 0 radical (unpaired) electrons. The zero-order chi connectivity index (χ0) is 44.7. The van der Waals surface area contributed by atoms with Crippen LogP contribution >= 0.6 is 0 Å².